The largest absolute Gasteiger partial charge is 1.00 e. The maximum atomic E-state index is 5.21. The van der Waals surface area contributed by atoms with E-state index in [4.69, 9.17) is 4.42 Å². The van der Waals surface area contributed by atoms with E-state index in [0.29, 0.717) is 0 Å². The molecule has 1 nitrogen and oxygen atoms in total. The van der Waals surface area contributed by atoms with Crippen molar-refractivity contribution in [2.45, 2.75) is 26.2 Å². The highest BCUT2D eigenvalue weighted by Gasteiger charge is 2.03. The number of aryl methyl sites for hydroxylation is 2. The minimum absolute atomic E-state index is 0. The highest BCUT2D eigenvalue weighted by atomic mass is 127. The van der Waals surface area contributed by atoms with Gasteiger partial charge in [0.2, 0.25) is 0 Å². The summed E-state index contributed by atoms with van der Waals surface area (Å²) < 4.78 is 5.21. The van der Waals surface area contributed by atoms with Gasteiger partial charge in [-0.1, -0.05) is 7.43 Å². The van der Waals surface area contributed by atoms with E-state index in [9.17, 15) is 0 Å². The molecule has 3 heteroatoms. The summed E-state index contributed by atoms with van der Waals surface area (Å²) in [7, 11) is 0. The molecule has 0 amide bonds. The molecule has 0 unspecified atom stereocenters. The number of hydrogen-bond donors (Lipinski definition) is 1. The summed E-state index contributed by atoms with van der Waals surface area (Å²) in [6.45, 7) is 3.82. The third-order valence-electron chi connectivity index (χ3n) is 1.02. The fourth-order valence-electron chi connectivity index (χ4n) is 0.771. The second-order valence-electron chi connectivity index (χ2n) is 2.04. The Hall–Kier alpha value is 0.230. The first-order chi connectivity index (χ1) is 4.18. The van der Waals surface area contributed by atoms with Crippen molar-refractivity contribution < 1.29 is 28.4 Å². The van der Waals surface area contributed by atoms with Gasteiger partial charge in [0.05, 0.1) is 26.0 Å². The summed E-state index contributed by atoms with van der Waals surface area (Å²) in [6, 6.07) is 3.77. The number of rotatable bonds is 0. The molecule has 0 aliphatic carbocycles. The van der Waals surface area contributed by atoms with Crippen LogP contribution in [0.25, 0.3) is 0 Å². The molecule has 0 aliphatic rings. The van der Waals surface area contributed by atoms with Crippen molar-refractivity contribution in [3.05, 3.63) is 23.7 Å². The Kier molecular flexibility index (Phi) is 7.31. The van der Waals surface area contributed by atoms with Gasteiger partial charge < -0.3 is 24.0 Å². The van der Waals surface area contributed by atoms with Crippen LogP contribution in [-0.4, -0.2) is 0 Å². The van der Waals surface area contributed by atoms with E-state index in [-0.39, 0.29) is 31.4 Å². The van der Waals surface area contributed by atoms with Crippen LogP contribution in [0.2, 0.25) is 0 Å². The SMILES string of the molecule is C.Cc1cc(S)cc(C)[o+]1.[I-]. The lowest BCUT2D eigenvalue weighted by Crippen LogP contribution is -3.00. The standard InChI is InChI=1S/C7H8OS.CH4.HI/c1-5-3-7(9)4-6(2)8-5;;/h3-4H,1-2H3;1H4;1H. The van der Waals surface area contributed by atoms with Crippen molar-refractivity contribution in [1.29, 1.82) is 0 Å². The third-order valence-corrected chi connectivity index (χ3v) is 1.28. The second kappa shape index (κ2) is 5.83. The van der Waals surface area contributed by atoms with Crippen LogP contribution in [0.15, 0.2) is 21.4 Å². The normalized spacial score (nSPS) is 7.91. The highest BCUT2D eigenvalue weighted by Crippen LogP contribution is 2.11. The van der Waals surface area contributed by atoms with Gasteiger partial charge in [-0.2, -0.15) is 0 Å². The summed E-state index contributed by atoms with van der Waals surface area (Å²) in [4.78, 5) is 0.955. The Morgan fingerprint density at radius 2 is 1.55 bits per heavy atom. The van der Waals surface area contributed by atoms with Gasteiger partial charge in [0.15, 0.2) is 0 Å². The van der Waals surface area contributed by atoms with Crippen LogP contribution in [0, 0.1) is 13.8 Å². The van der Waals surface area contributed by atoms with Gasteiger partial charge in [-0.15, -0.1) is 12.6 Å². The predicted molar refractivity (Wildman–Crippen MR) is 46.6 cm³/mol. The molecule has 1 rings (SSSR count). The van der Waals surface area contributed by atoms with Gasteiger partial charge in [0.25, 0.3) is 0 Å². The number of halogens is 1. The van der Waals surface area contributed by atoms with Crippen molar-refractivity contribution in [2.24, 2.45) is 0 Å². The molecule has 0 aliphatic heterocycles. The summed E-state index contributed by atoms with van der Waals surface area (Å²) >= 11 is 4.16. The topological polar surface area (TPSA) is 11.3 Å². The van der Waals surface area contributed by atoms with E-state index in [1.165, 1.54) is 0 Å². The van der Waals surface area contributed by atoms with Crippen LogP contribution in [0.3, 0.4) is 0 Å². The Morgan fingerprint density at radius 1 is 1.18 bits per heavy atom. The predicted octanol–water partition coefficient (Wildman–Crippen LogP) is 0.106. The van der Waals surface area contributed by atoms with Crippen molar-refractivity contribution in [3.8, 4) is 0 Å². The smallest absolute Gasteiger partial charge is 0.327 e. The molecule has 0 spiro atoms. The van der Waals surface area contributed by atoms with E-state index in [2.05, 4.69) is 12.6 Å². The van der Waals surface area contributed by atoms with Gasteiger partial charge in [0.1, 0.15) is 0 Å². The first kappa shape index (κ1) is 13.8. The second-order valence-corrected chi connectivity index (χ2v) is 2.55. The van der Waals surface area contributed by atoms with Gasteiger partial charge in [0, 0.05) is 4.90 Å². The Morgan fingerprint density at radius 3 is 1.82 bits per heavy atom. The number of hydrogen-bond acceptors (Lipinski definition) is 1. The molecule has 0 N–H and O–H groups in total. The monoisotopic (exact) mass is 284 g/mol. The van der Waals surface area contributed by atoms with Gasteiger partial charge >= 0.3 is 11.5 Å². The minimum atomic E-state index is 0. The van der Waals surface area contributed by atoms with E-state index >= 15 is 0 Å². The molecule has 64 valence electrons. The molecule has 1 heterocycles. The first-order valence-electron chi connectivity index (χ1n) is 2.79. The Balaban J connectivity index is 0. The fraction of sp³-hybridized carbons (Fsp3) is 0.375. The van der Waals surface area contributed by atoms with Crippen LogP contribution >= 0.6 is 12.6 Å². The zero-order chi connectivity index (χ0) is 6.85. The minimum Gasteiger partial charge on any atom is -1.00 e. The molecular formula is C8H13IOS. The van der Waals surface area contributed by atoms with Crippen molar-refractivity contribution in [3.63, 3.8) is 0 Å². The summed E-state index contributed by atoms with van der Waals surface area (Å²) in [5.41, 5.74) is 0. The lowest BCUT2D eigenvalue weighted by Gasteiger charge is -1.83. The number of thiol groups is 1. The van der Waals surface area contributed by atoms with Crippen LogP contribution in [-0.2, 0) is 0 Å². The molecule has 0 saturated heterocycles. The zero-order valence-electron chi connectivity index (χ0n) is 5.89. The molecule has 0 fully saturated rings. The quantitative estimate of drug-likeness (QED) is 0.405. The lowest BCUT2D eigenvalue weighted by atomic mass is 10.4. The lowest BCUT2D eigenvalue weighted by molar-refractivity contribution is -0.00000309. The van der Waals surface area contributed by atoms with Crippen LogP contribution < -0.4 is 24.0 Å². The summed E-state index contributed by atoms with van der Waals surface area (Å²) in [6.07, 6.45) is 0. The third kappa shape index (κ3) is 4.63. The maximum absolute atomic E-state index is 5.21. The van der Waals surface area contributed by atoms with Crippen molar-refractivity contribution in [1.82, 2.24) is 0 Å². The van der Waals surface area contributed by atoms with Crippen LogP contribution in [0.1, 0.15) is 18.9 Å². The summed E-state index contributed by atoms with van der Waals surface area (Å²) in [5, 5.41) is 0. The molecule has 0 bridgehead atoms. The Bertz CT molecular complexity index is 175. The van der Waals surface area contributed by atoms with E-state index in [1.807, 2.05) is 26.0 Å². The zero-order valence-corrected chi connectivity index (χ0v) is 8.94. The van der Waals surface area contributed by atoms with Gasteiger partial charge in [-0.3, -0.25) is 0 Å². The van der Waals surface area contributed by atoms with E-state index in [0.717, 1.165) is 16.4 Å². The van der Waals surface area contributed by atoms with Crippen LogP contribution in [0.5, 0.6) is 0 Å². The molecule has 0 radical (unpaired) electrons. The van der Waals surface area contributed by atoms with Gasteiger partial charge in [-0.05, 0) is 0 Å². The molecule has 0 atom stereocenters. The first-order valence-corrected chi connectivity index (χ1v) is 3.23. The average molecular weight is 284 g/mol. The molecular weight excluding hydrogens is 271 g/mol. The van der Waals surface area contributed by atoms with E-state index < -0.39 is 0 Å². The van der Waals surface area contributed by atoms with Crippen molar-refractivity contribution >= 4 is 12.6 Å². The van der Waals surface area contributed by atoms with Gasteiger partial charge in [-0.25, -0.2) is 4.42 Å². The molecule has 11 heavy (non-hydrogen) atoms. The Labute approximate surface area is 90.6 Å². The van der Waals surface area contributed by atoms with E-state index in [1.54, 1.807) is 0 Å². The summed E-state index contributed by atoms with van der Waals surface area (Å²) in [5.74, 6) is 1.81. The maximum Gasteiger partial charge on any atom is 0.327 e. The molecule has 1 aromatic heterocycles. The fourth-order valence-corrected chi connectivity index (χ4v) is 1.13. The van der Waals surface area contributed by atoms with Crippen molar-refractivity contribution in [2.75, 3.05) is 0 Å². The van der Waals surface area contributed by atoms with Crippen LogP contribution in [0.4, 0.5) is 0 Å². The molecule has 1 aromatic rings. The average Bonchev–Trinajstić information content (AvgIpc) is 1.59. The molecule has 0 aromatic carbocycles. The highest BCUT2D eigenvalue weighted by molar-refractivity contribution is 7.80. The molecule has 0 saturated carbocycles.